The molecule has 1 atom stereocenters. The first kappa shape index (κ1) is 11.3. The summed E-state index contributed by atoms with van der Waals surface area (Å²) in [4.78, 5) is 18.2. The molecule has 1 saturated heterocycles. The largest absolute Gasteiger partial charge is 0.345 e. The number of aromatic nitrogens is 2. The monoisotopic (exact) mass is 243 g/mol. The van der Waals surface area contributed by atoms with Crippen LogP contribution in [0, 0.1) is 0 Å². The van der Waals surface area contributed by atoms with Crippen molar-refractivity contribution in [3.05, 3.63) is 30.1 Å². The second-order valence-corrected chi connectivity index (χ2v) is 4.88. The van der Waals surface area contributed by atoms with Crippen LogP contribution in [0.1, 0.15) is 25.1 Å². The number of aryl methyl sites for hydroxylation is 1. The lowest BCUT2D eigenvalue weighted by Crippen LogP contribution is -2.19. The Morgan fingerprint density at radius 1 is 1.39 bits per heavy atom. The Labute approximate surface area is 106 Å². The van der Waals surface area contributed by atoms with Gasteiger partial charge in [0, 0.05) is 32.5 Å². The van der Waals surface area contributed by atoms with Crippen molar-refractivity contribution in [1.29, 1.82) is 0 Å². The molecule has 1 aromatic carbocycles. The molecule has 0 saturated carbocycles. The second-order valence-electron chi connectivity index (χ2n) is 4.88. The molecule has 1 aliphatic rings. The highest BCUT2D eigenvalue weighted by atomic mass is 16.2. The Morgan fingerprint density at radius 2 is 2.17 bits per heavy atom. The zero-order chi connectivity index (χ0) is 12.7. The number of hydrogen-bond donors (Lipinski definition) is 0. The van der Waals surface area contributed by atoms with Gasteiger partial charge in [0.2, 0.25) is 5.91 Å². The van der Waals surface area contributed by atoms with Crippen LogP contribution >= 0.6 is 0 Å². The van der Waals surface area contributed by atoms with E-state index in [-0.39, 0.29) is 11.8 Å². The van der Waals surface area contributed by atoms with Crippen LogP contribution in [-0.4, -0.2) is 34.0 Å². The Kier molecular flexibility index (Phi) is 2.58. The SMILES string of the molecule is CCn1c(C2CC(=O)N(C)C2)nc2ccccc21. The van der Waals surface area contributed by atoms with Crippen molar-refractivity contribution in [2.45, 2.75) is 25.8 Å². The molecule has 1 unspecified atom stereocenters. The van der Waals surface area contributed by atoms with E-state index in [2.05, 4.69) is 17.6 Å². The van der Waals surface area contributed by atoms with Gasteiger partial charge in [-0.3, -0.25) is 4.79 Å². The molecule has 0 spiro atoms. The van der Waals surface area contributed by atoms with Crippen molar-refractivity contribution >= 4 is 16.9 Å². The van der Waals surface area contributed by atoms with E-state index < -0.39 is 0 Å². The predicted octanol–water partition coefficient (Wildman–Crippen LogP) is 2.00. The van der Waals surface area contributed by atoms with E-state index in [4.69, 9.17) is 4.98 Å². The third-order valence-corrected chi connectivity index (χ3v) is 3.71. The number of nitrogens with zero attached hydrogens (tertiary/aromatic N) is 3. The van der Waals surface area contributed by atoms with Gasteiger partial charge in [-0.25, -0.2) is 4.98 Å². The molecule has 4 heteroatoms. The molecule has 0 bridgehead atoms. The highest BCUT2D eigenvalue weighted by Crippen LogP contribution is 2.29. The average Bonchev–Trinajstić information content (AvgIpc) is 2.90. The van der Waals surface area contributed by atoms with Crippen molar-refractivity contribution in [1.82, 2.24) is 14.5 Å². The molecule has 1 aliphatic heterocycles. The number of likely N-dealkylation sites (tertiary alicyclic amines) is 1. The van der Waals surface area contributed by atoms with Crippen molar-refractivity contribution < 1.29 is 4.79 Å². The number of rotatable bonds is 2. The van der Waals surface area contributed by atoms with E-state index in [1.54, 1.807) is 4.90 Å². The van der Waals surface area contributed by atoms with Crippen molar-refractivity contribution in [2.24, 2.45) is 0 Å². The molecule has 0 aliphatic carbocycles. The van der Waals surface area contributed by atoms with Gasteiger partial charge in [-0.1, -0.05) is 12.1 Å². The molecule has 4 nitrogen and oxygen atoms in total. The summed E-state index contributed by atoms with van der Waals surface area (Å²) >= 11 is 0. The highest BCUT2D eigenvalue weighted by molar-refractivity contribution is 5.80. The summed E-state index contributed by atoms with van der Waals surface area (Å²) in [6.07, 6.45) is 0.583. The van der Waals surface area contributed by atoms with Gasteiger partial charge >= 0.3 is 0 Å². The normalized spacial score (nSPS) is 20.0. The van der Waals surface area contributed by atoms with E-state index in [0.29, 0.717) is 6.42 Å². The lowest BCUT2D eigenvalue weighted by Gasteiger charge is -2.12. The minimum Gasteiger partial charge on any atom is -0.345 e. The van der Waals surface area contributed by atoms with E-state index in [1.807, 2.05) is 25.2 Å². The van der Waals surface area contributed by atoms with Gasteiger partial charge in [-0.05, 0) is 19.1 Å². The number of para-hydroxylation sites is 2. The number of imidazole rings is 1. The molecule has 0 radical (unpaired) electrons. The van der Waals surface area contributed by atoms with Gasteiger partial charge in [-0.15, -0.1) is 0 Å². The maximum Gasteiger partial charge on any atom is 0.223 e. The maximum absolute atomic E-state index is 11.7. The van der Waals surface area contributed by atoms with Crippen LogP contribution in [0.15, 0.2) is 24.3 Å². The van der Waals surface area contributed by atoms with Gasteiger partial charge < -0.3 is 9.47 Å². The Balaban J connectivity index is 2.09. The molecular formula is C14H17N3O. The van der Waals surface area contributed by atoms with E-state index in [9.17, 15) is 4.79 Å². The molecular weight excluding hydrogens is 226 g/mol. The van der Waals surface area contributed by atoms with Crippen LogP contribution in [0.2, 0.25) is 0 Å². The third-order valence-electron chi connectivity index (χ3n) is 3.71. The molecule has 18 heavy (non-hydrogen) atoms. The minimum atomic E-state index is 0.217. The summed E-state index contributed by atoms with van der Waals surface area (Å²) in [5, 5.41) is 0. The molecule has 94 valence electrons. The lowest BCUT2D eigenvalue weighted by molar-refractivity contribution is -0.126. The smallest absolute Gasteiger partial charge is 0.223 e. The summed E-state index contributed by atoms with van der Waals surface area (Å²) in [7, 11) is 1.86. The molecule has 2 aromatic rings. The molecule has 0 N–H and O–H groups in total. The number of benzene rings is 1. The van der Waals surface area contributed by atoms with E-state index >= 15 is 0 Å². The maximum atomic E-state index is 11.7. The number of amides is 1. The third kappa shape index (κ3) is 1.60. The summed E-state index contributed by atoms with van der Waals surface area (Å²) in [6.45, 7) is 3.80. The summed E-state index contributed by atoms with van der Waals surface area (Å²) in [5.41, 5.74) is 2.19. The highest BCUT2D eigenvalue weighted by Gasteiger charge is 2.31. The van der Waals surface area contributed by atoms with Crippen molar-refractivity contribution in [2.75, 3.05) is 13.6 Å². The van der Waals surface area contributed by atoms with Gasteiger partial charge in [0.15, 0.2) is 0 Å². The minimum absolute atomic E-state index is 0.217. The first-order valence-corrected chi connectivity index (χ1v) is 6.40. The van der Waals surface area contributed by atoms with E-state index in [0.717, 1.165) is 29.9 Å². The van der Waals surface area contributed by atoms with Gasteiger partial charge in [0.25, 0.3) is 0 Å². The zero-order valence-corrected chi connectivity index (χ0v) is 10.8. The topological polar surface area (TPSA) is 38.1 Å². The Morgan fingerprint density at radius 3 is 2.83 bits per heavy atom. The number of likely N-dealkylation sites (N-methyl/N-ethyl adjacent to an activating group) is 1. The Bertz CT molecular complexity index is 602. The molecule has 1 fully saturated rings. The fraction of sp³-hybridized carbons (Fsp3) is 0.429. The van der Waals surface area contributed by atoms with Gasteiger partial charge in [0.1, 0.15) is 5.82 Å². The number of carbonyl (C=O) groups excluding carboxylic acids is 1. The Hall–Kier alpha value is -1.84. The standard InChI is InChI=1S/C14H17N3O/c1-3-17-12-7-5-4-6-11(12)15-14(17)10-8-13(18)16(2)9-10/h4-7,10H,3,8-9H2,1-2H3. The summed E-state index contributed by atoms with van der Waals surface area (Å²) in [5.74, 6) is 1.50. The van der Waals surface area contributed by atoms with Gasteiger partial charge in [0.05, 0.1) is 11.0 Å². The molecule has 3 rings (SSSR count). The fourth-order valence-corrected chi connectivity index (χ4v) is 2.77. The van der Waals surface area contributed by atoms with Crippen LogP contribution in [0.25, 0.3) is 11.0 Å². The fourth-order valence-electron chi connectivity index (χ4n) is 2.77. The van der Waals surface area contributed by atoms with Crippen LogP contribution in [-0.2, 0) is 11.3 Å². The number of carbonyl (C=O) groups is 1. The molecule has 1 amide bonds. The quantitative estimate of drug-likeness (QED) is 0.809. The number of hydrogen-bond acceptors (Lipinski definition) is 2. The van der Waals surface area contributed by atoms with Crippen LogP contribution in [0.4, 0.5) is 0 Å². The second kappa shape index (κ2) is 4.12. The summed E-state index contributed by atoms with van der Waals surface area (Å²) < 4.78 is 2.23. The molecule has 2 heterocycles. The van der Waals surface area contributed by atoms with Crippen molar-refractivity contribution in [3.8, 4) is 0 Å². The van der Waals surface area contributed by atoms with Crippen molar-refractivity contribution in [3.63, 3.8) is 0 Å². The van der Waals surface area contributed by atoms with Crippen LogP contribution in [0.5, 0.6) is 0 Å². The average molecular weight is 243 g/mol. The predicted molar refractivity (Wildman–Crippen MR) is 70.4 cm³/mol. The zero-order valence-electron chi connectivity index (χ0n) is 10.8. The first-order valence-electron chi connectivity index (χ1n) is 6.40. The number of fused-ring (bicyclic) bond motifs is 1. The van der Waals surface area contributed by atoms with Crippen LogP contribution < -0.4 is 0 Å². The lowest BCUT2D eigenvalue weighted by atomic mass is 10.1. The summed E-state index contributed by atoms with van der Waals surface area (Å²) in [6, 6.07) is 8.16. The first-order chi connectivity index (χ1) is 8.70. The van der Waals surface area contributed by atoms with E-state index in [1.165, 1.54) is 0 Å². The molecule has 1 aromatic heterocycles. The van der Waals surface area contributed by atoms with Gasteiger partial charge in [-0.2, -0.15) is 0 Å². The van der Waals surface area contributed by atoms with Crippen LogP contribution in [0.3, 0.4) is 0 Å².